The summed E-state index contributed by atoms with van der Waals surface area (Å²) in [5, 5.41) is 12.0. The van der Waals surface area contributed by atoms with Crippen LogP contribution in [0, 0.1) is 13.8 Å². The fourth-order valence-corrected chi connectivity index (χ4v) is 2.74. The lowest BCUT2D eigenvalue weighted by Crippen LogP contribution is -2.45. The molecule has 3 rings (SSSR count). The van der Waals surface area contributed by atoms with E-state index in [9.17, 15) is 0 Å². The monoisotopic (exact) mass is 286 g/mol. The molecule has 0 aromatic carbocycles. The highest BCUT2D eigenvalue weighted by Crippen LogP contribution is 2.17. The van der Waals surface area contributed by atoms with Crippen molar-refractivity contribution < 1.29 is 4.42 Å². The number of hydrogen-bond donors (Lipinski definition) is 1. The van der Waals surface area contributed by atoms with Gasteiger partial charge in [0.15, 0.2) is 5.82 Å². The maximum atomic E-state index is 5.60. The predicted octanol–water partition coefficient (Wildman–Crippen LogP) is 2.45. The van der Waals surface area contributed by atoms with Gasteiger partial charge >= 0.3 is 0 Å². The molecular weight excluding hydrogens is 264 g/mol. The fraction of sp³-hybridized carbons (Fsp3) is 0.500. The smallest absolute Gasteiger partial charge is 0.151 e. The minimum Gasteiger partial charge on any atom is -0.465 e. The summed E-state index contributed by atoms with van der Waals surface area (Å²) in [6.07, 6.45) is 2.36. The first-order chi connectivity index (χ1) is 10.2. The molecule has 5 heteroatoms. The number of rotatable bonds is 4. The average Bonchev–Trinajstić information content (AvgIpc) is 2.92. The van der Waals surface area contributed by atoms with E-state index in [4.69, 9.17) is 4.42 Å². The van der Waals surface area contributed by atoms with Crippen molar-refractivity contribution in [2.24, 2.45) is 0 Å². The number of furan rings is 1. The minimum atomic E-state index is 0.465. The van der Waals surface area contributed by atoms with Crippen LogP contribution in [-0.2, 0) is 6.54 Å². The number of nitrogens with one attached hydrogen (secondary N) is 1. The molecule has 2 aromatic heterocycles. The first-order valence-electron chi connectivity index (χ1n) is 7.55. The van der Waals surface area contributed by atoms with E-state index in [1.54, 1.807) is 0 Å². The highest BCUT2D eigenvalue weighted by atomic mass is 16.3. The van der Waals surface area contributed by atoms with Gasteiger partial charge < -0.3 is 14.6 Å². The third-order valence-electron chi connectivity index (χ3n) is 3.89. The molecule has 0 spiro atoms. The SMILES string of the molecule is Cc1ccc(N2CCCC(NCc3ccc(C)o3)C2)nn1. The van der Waals surface area contributed by atoms with Crippen molar-refractivity contribution in [3.05, 3.63) is 41.5 Å². The Morgan fingerprint density at radius 3 is 2.86 bits per heavy atom. The Balaban J connectivity index is 1.56. The zero-order chi connectivity index (χ0) is 14.7. The Morgan fingerprint density at radius 1 is 1.24 bits per heavy atom. The van der Waals surface area contributed by atoms with Gasteiger partial charge in [0.25, 0.3) is 0 Å². The molecule has 21 heavy (non-hydrogen) atoms. The number of aryl methyl sites for hydroxylation is 2. The summed E-state index contributed by atoms with van der Waals surface area (Å²) >= 11 is 0. The van der Waals surface area contributed by atoms with Crippen LogP contribution in [0.15, 0.2) is 28.7 Å². The molecule has 0 amide bonds. The van der Waals surface area contributed by atoms with Crippen LogP contribution in [0.25, 0.3) is 0 Å². The lowest BCUT2D eigenvalue weighted by atomic mass is 10.1. The van der Waals surface area contributed by atoms with E-state index in [1.165, 1.54) is 12.8 Å². The lowest BCUT2D eigenvalue weighted by molar-refractivity contribution is 0.389. The second-order valence-corrected chi connectivity index (χ2v) is 5.71. The summed E-state index contributed by atoms with van der Waals surface area (Å²) in [5.41, 5.74) is 0.957. The van der Waals surface area contributed by atoms with Gasteiger partial charge in [0.1, 0.15) is 11.5 Å². The van der Waals surface area contributed by atoms with Crippen molar-refractivity contribution in [2.45, 2.75) is 39.3 Å². The van der Waals surface area contributed by atoms with Crippen molar-refractivity contribution in [1.29, 1.82) is 0 Å². The van der Waals surface area contributed by atoms with E-state index < -0.39 is 0 Å². The van der Waals surface area contributed by atoms with Crippen molar-refractivity contribution in [3.63, 3.8) is 0 Å². The molecule has 1 aliphatic rings. The van der Waals surface area contributed by atoms with Crippen LogP contribution in [0.1, 0.15) is 30.1 Å². The number of nitrogens with zero attached hydrogens (tertiary/aromatic N) is 3. The van der Waals surface area contributed by atoms with Crippen molar-refractivity contribution >= 4 is 5.82 Å². The van der Waals surface area contributed by atoms with Gasteiger partial charge in [-0.1, -0.05) is 0 Å². The summed E-state index contributed by atoms with van der Waals surface area (Å²) in [5.74, 6) is 2.94. The van der Waals surface area contributed by atoms with Crippen molar-refractivity contribution in [3.8, 4) is 0 Å². The zero-order valence-electron chi connectivity index (χ0n) is 12.7. The minimum absolute atomic E-state index is 0.465. The zero-order valence-corrected chi connectivity index (χ0v) is 12.7. The normalized spacial score (nSPS) is 19.0. The largest absolute Gasteiger partial charge is 0.465 e. The highest BCUT2D eigenvalue weighted by molar-refractivity contribution is 5.38. The summed E-state index contributed by atoms with van der Waals surface area (Å²) in [6, 6.07) is 8.58. The van der Waals surface area contributed by atoms with Gasteiger partial charge in [-0.05, 0) is 51.0 Å². The van der Waals surface area contributed by atoms with Gasteiger partial charge in [-0.2, -0.15) is 5.10 Å². The topological polar surface area (TPSA) is 54.2 Å². The quantitative estimate of drug-likeness (QED) is 0.935. The van der Waals surface area contributed by atoms with E-state index >= 15 is 0 Å². The second kappa shape index (κ2) is 6.26. The maximum Gasteiger partial charge on any atom is 0.151 e. The summed E-state index contributed by atoms with van der Waals surface area (Å²) in [6.45, 7) is 6.74. The third-order valence-corrected chi connectivity index (χ3v) is 3.89. The molecule has 1 N–H and O–H groups in total. The Labute approximate surface area is 125 Å². The molecule has 1 aliphatic heterocycles. The van der Waals surface area contributed by atoms with Gasteiger partial charge in [0.05, 0.1) is 12.2 Å². The Hall–Kier alpha value is -1.88. The Bertz CT molecular complexity index is 578. The van der Waals surface area contributed by atoms with Crippen LogP contribution in [0.5, 0.6) is 0 Å². The van der Waals surface area contributed by atoms with E-state index in [0.29, 0.717) is 6.04 Å². The summed E-state index contributed by atoms with van der Waals surface area (Å²) < 4.78 is 5.60. The van der Waals surface area contributed by atoms with Crippen LogP contribution in [0.3, 0.4) is 0 Å². The molecule has 112 valence electrons. The molecule has 1 fully saturated rings. The Morgan fingerprint density at radius 2 is 2.14 bits per heavy atom. The molecule has 0 radical (unpaired) electrons. The van der Waals surface area contributed by atoms with Gasteiger partial charge in [0, 0.05) is 19.1 Å². The fourth-order valence-electron chi connectivity index (χ4n) is 2.74. The second-order valence-electron chi connectivity index (χ2n) is 5.71. The van der Waals surface area contributed by atoms with Crippen LogP contribution < -0.4 is 10.2 Å². The number of piperidine rings is 1. The van der Waals surface area contributed by atoms with Gasteiger partial charge in [-0.25, -0.2) is 0 Å². The molecule has 2 aromatic rings. The average molecular weight is 286 g/mol. The first-order valence-corrected chi connectivity index (χ1v) is 7.55. The molecule has 0 bridgehead atoms. The molecule has 3 heterocycles. The Kier molecular flexibility index (Phi) is 4.20. The molecule has 1 unspecified atom stereocenters. The first kappa shape index (κ1) is 14.1. The van der Waals surface area contributed by atoms with Gasteiger partial charge in [-0.15, -0.1) is 5.10 Å². The number of hydrogen-bond acceptors (Lipinski definition) is 5. The molecule has 5 nitrogen and oxygen atoms in total. The molecule has 1 atom stereocenters. The number of aromatic nitrogens is 2. The van der Waals surface area contributed by atoms with Crippen LogP contribution in [0.4, 0.5) is 5.82 Å². The van der Waals surface area contributed by atoms with E-state index in [2.05, 4.69) is 26.5 Å². The van der Waals surface area contributed by atoms with E-state index in [0.717, 1.165) is 42.7 Å². The summed E-state index contributed by atoms with van der Waals surface area (Å²) in [4.78, 5) is 2.31. The third kappa shape index (κ3) is 3.61. The number of anilines is 1. The lowest BCUT2D eigenvalue weighted by Gasteiger charge is -2.33. The molecule has 0 saturated carbocycles. The van der Waals surface area contributed by atoms with Crippen LogP contribution in [0.2, 0.25) is 0 Å². The van der Waals surface area contributed by atoms with Crippen molar-refractivity contribution in [2.75, 3.05) is 18.0 Å². The summed E-state index contributed by atoms with van der Waals surface area (Å²) in [7, 11) is 0. The van der Waals surface area contributed by atoms with Crippen molar-refractivity contribution in [1.82, 2.24) is 15.5 Å². The van der Waals surface area contributed by atoms with Gasteiger partial charge in [-0.3, -0.25) is 0 Å². The van der Waals surface area contributed by atoms with E-state index in [1.807, 2.05) is 32.0 Å². The molecule has 0 aliphatic carbocycles. The van der Waals surface area contributed by atoms with Crippen LogP contribution in [-0.4, -0.2) is 29.3 Å². The highest BCUT2D eigenvalue weighted by Gasteiger charge is 2.21. The predicted molar refractivity (Wildman–Crippen MR) is 82.3 cm³/mol. The van der Waals surface area contributed by atoms with Crippen LogP contribution >= 0.6 is 0 Å². The molecule has 1 saturated heterocycles. The van der Waals surface area contributed by atoms with E-state index in [-0.39, 0.29) is 0 Å². The maximum absolute atomic E-state index is 5.60. The molecular formula is C16H22N4O. The van der Waals surface area contributed by atoms with Gasteiger partial charge in [0.2, 0.25) is 0 Å². The standard InChI is InChI=1S/C16H22N4O/c1-12-5-8-16(19-18-12)20-9-3-4-14(11-20)17-10-15-7-6-13(2)21-15/h5-8,14,17H,3-4,9-11H2,1-2H3.